The van der Waals surface area contributed by atoms with Crippen molar-refractivity contribution < 1.29 is 9.94 Å². The van der Waals surface area contributed by atoms with Gasteiger partial charge in [0.1, 0.15) is 0 Å². The lowest BCUT2D eigenvalue weighted by molar-refractivity contribution is 0.00857. The number of aryl methyl sites for hydroxylation is 1. The van der Waals surface area contributed by atoms with Crippen molar-refractivity contribution in [2.75, 3.05) is 0 Å². The molecule has 4 heteroatoms. The predicted octanol–water partition coefficient (Wildman–Crippen LogP) is 3.18. The van der Waals surface area contributed by atoms with Crippen LogP contribution in [0.2, 0.25) is 0 Å². The Hall–Kier alpha value is -1.55. The Labute approximate surface area is 120 Å². The van der Waals surface area contributed by atoms with E-state index in [1.54, 1.807) is 0 Å². The number of amidine groups is 1. The summed E-state index contributed by atoms with van der Waals surface area (Å²) in [4.78, 5) is 0. The van der Waals surface area contributed by atoms with Crippen molar-refractivity contribution in [3.8, 4) is 0 Å². The number of nitrogens with two attached hydrogens (primary N) is 1. The Bertz CT molecular complexity index is 477. The van der Waals surface area contributed by atoms with E-state index in [0.29, 0.717) is 12.7 Å². The molecule has 0 unspecified atom stereocenters. The third kappa shape index (κ3) is 3.73. The molecule has 1 aromatic carbocycles. The van der Waals surface area contributed by atoms with Gasteiger partial charge in [-0.15, -0.1) is 0 Å². The quantitative estimate of drug-likeness (QED) is 0.384. The van der Waals surface area contributed by atoms with E-state index in [9.17, 15) is 0 Å². The van der Waals surface area contributed by atoms with Crippen LogP contribution < -0.4 is 5.73 Å². The second kappa shape index (κ2) is 6.75. The van der Waals surface area contributed by atoms with E-state index in [-0.39, 0.29) is 5.84 Å². The van der Waals surface area contributed by atoms with E-state index in [4.69, 9.17) is 15.7 Å². The Morgan fingerprint density at radius 2 is 2.05 bits per heavy atom. The van der Waals surface area contributed by atoms with Crippen LogP contribution in [0.3, 0.4) is 0 Å². The molecule has 0 heterocycles. The van der Waals surface area contributed by atoms with Gasteiger partial charge in [-0.2, -0.15) is 0 Å². The molecule has 1 aromatic rings. The van der Waals surface area contributed by atoms with E-state index in [0.717, 1.165) is 22.6 Å². The Balaban J connectivity index is 1.93. The van der Waals surface area contributed by atoms with Crippen molar-refractivity contribution in [3.05, 3.63) is 34.9 Å². The van der Waals surface area contributed by atoms with Crippen LogP contribution in [0.4, 0.5) is 0 Å². The van der Waals surface area contributed by atoms with Gasteiger partial charge in [-0.3, -0.25) is 0 Å². The lowest BCUT2D eigenvalue weighted by Crippen LogP contribution is -2.20. The lowest BCUT2D eigenvalue weighted by Gasteiger charge is -2.26. The van der Waals surface area contributed by atoms with Gasteiger partial charge in [0.05, 0.1) is 12.7 Å². The minimum Gasteiger partial charge on any atom is -0.409 e. The van der Waals surface area contributed by atoms with Crippen molar-refractivity contribution in [2.24, 2.45) is 16.8 Å². The van der Waals surface area contributed by atoms with Gasteiger partial charge in [0.15, 0.2) is 5.84 Å². The van der Waals surface area contributed by atoms with Crippen LogP contribution in [0, 0.1) is 12.8 Å². The molecule has 0 aromatic heterocycles. The third-order valence-electron chi connectivity index (χ3n) is 4.18. The molecule has 0 saturated heterocycles. The third-order valence-corrected chi connectivity index (χ3v) is 4.18. The van der Waals surface area contributed by atoms with Crippen LogP contribution in [-0.2, 0) is 11.3 Å². The summed E-state index contributed by atoms with van der Waals surface area (Å²) in [5.41, 5.74) is 8.60. The zero-order chi connectivity index (χ0) is 14.5. The van der Waals surface area contributed by atoms with Gasteiger partial charge in [0, 0.05) is 5.56 Å². The smallest absolute Gasteiger partial charge is 0.170 e. The molecule has 0 amide bonds. The molecule has 0 bridgehead atoms. The highest BCUT2D eigenvalue weighted by Gasteiger charge is 2.18. The fourth-order valence-electron chi connectivity index (χ4n) is 2.68. The molecule has 1 saturated carbocycles. The molecule has 0 atom stereocenters. The van der Waals surface area contributed by atoms with Crippen molar-refractivity contribution in [1.29, 1.82) is 0 Å². The standard InChI is InChI=1S/C16H24N2O2/c1-11-3-7-15(8-4-11)20-10-14-6-5-13(9-12(14)2)16(17)18-19/h5-6,9,11,15,19H,3-4,7-8,10H2,1-2H3,(H2,17,18). The molecule has 2 rings (SSSR count). The zero-order valence-electron chi connectivity index (χ0n) is 12.3. The fourth-order valence-corrected chi connectivity index (χ4v) is 2.68. The average Bonchev–Trinajstić information content (AvgIpc) is 2.46. The topological polar surface area (TPSA) is 67.8 Å². The number of ether oxygens (including phenoxy) is 1. The molecule has 0 radical (unpaired) electrons. The molecule has 1 aliphatic rings. The van der Waals surface area contributed by atoms with Crippen LogP contribution in [-0.4, -0.2) is 17.1 Å². The molecular weight excluding hydrogens is 252 g/mol. The molecular formula is C16H24N2O2. The van der Waals surface area contributed by atoms with Gasteiger partial charge in [0.25, 0.3) is 0 Å². The average molecular weight is 276 g/mol. The molecule has 20 heavy (non-hydrogen) atoms. The molecule has 3 N–H and O–H groups in total. The zero-order valence-corrected chi connectivity index (χ0v) is 12.3. The van der Waals surface area contributed by atoms with Crippen molar-refractivity contribution in [1.82, 2.24) is 0 Å². The Morgan fingerprint density at radius 3 is 2.65 bits per heavy atom. The largest absolute Gasteiger partial charge is 0.409 e. The van der Waals surface area contributed by atoms with Crippen molar-refractivity contribution in [3.63, 3.8) is 0 Å². The van der Waals surface area contributed by atoms with Crippen LogP contribution in [0.25, 0.3) is 0 Å². The number of hydrogen-bond donors (Lipinski definition) is 2. The van der Waals surface area contributed by atoms with Crippen molar-refractivity contribution >= 4 is 5.84 Å². The minimum absolute atomic E-state index is 0.141. The van der Waals surface area contributed by atoms with E-state index in [2.05, 4.69) is 12.1 Å². The van der Waals surface area contributed by atoms with Crippen LogP contribution in [0.1, 0.15) is 49.3 Å². The summed E-state index contributed by atoms with van der Waals surface area (Å²) < 4.78 is 6.01. The highest BCUT2D eigenvalue weighted by molar-refractivity contribution is 5.97. The maximum atomic E-state index is 8.68. The maximum absolute atomic E-state index is 8.68. The fraction of sp³-hybridized carbons (Fsp3) is 0.562. The first-order valence-electron chi connectivity index (χ1n) is 7.29. The Kier molecular flexibility index (Phi) is 5.01. The lowest BCUT2D eigenvalue weighted by atomic mass is 9.89. The predicted molar refractivity (Wildman–Crippen MR) is 79.9 cm³/mol. The van der Waals surface area contributed by atoms with Crippen LogP contribution in [0.5, 0.6) is 0 Å². The summed E-state index contributed by atoms with van der Waals surface area (Å²) in [6, 6.07) is 5.79. The highest BCUT2D eigenvalue weighted by Crippen LogP contribution is 2.26. The van der Waals surface area contributed by atoms with Crippen LogP contribution >= 0.6 is 0 Å². The first-order valence-corrected chi connectivity index (χ1v) is 7.29. The van der Waals surface area contributed by atoms with Gasteiger partial charge in [0.2, 0.25) is 0 Å². The first kappa shape index (κ1) is 14.9. The second-order valence-electron chi connectivity index (χ2n) is 5.82. The summed E-state index contributed by atoms with van der Waals surface area (Å²) in [7, 11) is 0. The minimum atomic E-state index is 0.141. The second-order valence-corrected chi connectivity index (χ2v) is 5.82. The van der Waals surface area contributed by atoms with Crippen molar-refractivity contribution in [2.45, 2.75) is 52.2 Å². The van der Waals surface area contributed by atoms with Gasteiger partial charge < -0.3 is 15.7 Å². The normalized spacial score (nSPS) is 23.8. The number of hydrogen-bond acceptors (Lipinski definition) is 3. The molecule has 0 aliphatic heterocycles. The molecule has 1 aliphatic carbocycles. The number of rotatable bonds is 4. The molecule has 110 valence electrons. The molecule has 1 fully saturated rings. The summed E-state index contributed by atoms with van der Waals surface area (Å²) in [6.45, 7) is 4.98. The summed E-state index contributed by atoms with van der Waals surface area (Å²) in [6.07, 6.45) is 5.28. The monoisotopic (exact) mass is 276 g/mol. The number of oxime groups is 1. The summed E-state index contributed by atoms with van der Waals surface area (Å²) >= 11 is 0. The first-order chi connectivity index (χ1) is 9.60. The van der Waals surface area contributed by atoms with E-state index in [1.165, 1.54) is 25.7 Å². The van der Waals surface area contributed by atoms with Gasteiger partial charge >= 0.3 is 0 Å². The maximum Gasteiger partial charge on any atom is 0.170 e. The van der Waals surface area contributed by atoms with E-state index in [1.807, 2.05) is 25.1 Å². The molecule has 4 nitrogen and oxygen atoms in total. The number of nitrogens with zero attached hydrogens (tertiary/aromatic N) is 1. The highest BCUT2D eigenvalue weighted by atomic mass is 16.5. The number of benzene rings is 1. The summed E-state index contributed by atoms with van der Waals surface area (Å²) in [5, 5.41) is 11.7. The van der Waals surface area contributed by atoms with Gasteiger partial charge in [-0.25, -0.2) is 0 Å². The van der Waals surface area contributed by atoms with Crippen LogP contribution in [0.15, 0.2) is 23.4 Å². The Morgan fingerprint density at radius 1 is 1.35 bits per heavy atom. The van der Waals surface area contributed by atoms with Gasteiger partial charge in [-0.1, -0.05) is 24.2 Å². The molecule has 0 spiro atoms. The van der Waals surface area contributed by atoms with E-state index >= 15 is 0 Å². The van der Waals surface area contributed by atoms with Gasteiger partial charge in [-0.05, 0) is 55.7 Å². The van der Waals surface area contributed by atoms with E-state index < -0.39 is 0 Å². The SMILES string of the molecule is Cc1cc(/C(N)=N/O)ccc1COC1CCC(C)CC1. The summed E-state index contributed by atoms with van der Waals surface area (Å²) in [5.74, 6) is 0.985.